The van der Waals surface area contributed by atoms with Gasteiger partial charge in [-0.2, -0.15) is 0 Å². The summed E-state index contributed by atoms with van der Waals surface area (Å²) in [7, 11) is 0. The zero-order valence-corrected chi connectivity index (χ0v) is 11.3. The molecule has 1 aliphatic rings. The van der Waals surface area contributed by atoms with Crippen LogP contribution in [0.2, 0.25) is 0 Å². The zero-order valence-electron chi connectivity index (χ0n) is 11.3. The van der Waals surface area contributed by atoms with Crippen molar-refractivity contribution in [3.8, 4) is 0 Å². The summed E-state index contributed by atoms with van der Waals surface area (Å²) in [6, 6.07) is 6.55. The van der Waals surface area contributed by atoms with Crippen LogP contribution >= 0.6 is 0 Å². The average molecular weight is 246 g/mol. The maximum atomic E-state index is 11.3. The molecule has 0 bridgehead atoms. The van der Waals surface area contributed by atoms with Crippen LogP contribution in [-0.2, 0) is 11.3 Å². The van der Waals surface area contributed by atoms with Crippen LogP contribution in [0.15, 0.2) is 18.2 Å². The molecule has 1 amide bonds. The molecule has 1 saturated heterocycles. The summed E-state index contributed by atoms with van der Waals surface area (Å²) < 4.78 is 0. The lowest BCUT2D eigenvalue weighted by atomic mass is 9.96. The molecule has 0 aromatic heterocycles. The van der Waals surface area contributed by atoms with Gasteiger partial charge in [0.05, 0.1) is 5.92 Å². The van der Waals surface area contributed by atoms with Crippen LogP contribution in [-0.4, -0.2) is 23.9 Å². The van der Waals surface area contributed by atoms with Gasteiger partial charge in [0.15, 0.2) is 0 Å². The Hall–Kier alpha value is -1.35. The molecular formula is C15H22N2O. The molecule has 0 spiro atoms. The first-order chi connectivity index (χ1) is 8.56. The predicted molar refractivity (Wildman–Crippen MR) is 73.1 cm³/mol. The summed E-state index contributed by atoms with van der Waals surface area (Å²) in [6.07, 6.45) is 2.01. The number of benzene rings is 1. The monoisotopic (exact) mass is 246 g/mol. The molecule has 1 atom stereocenters. The summed E-state index contributed by atoms with van der Waals surface area (Å²) in [4.78, 5) is 13.6. The number of piperidine rings is 1. The lowest BCUT2D eigenvalue weighted by molar-refractivity contribution is -0.123. The molecule has 0 unspecified atom stereocenters. The number of hydrogen-bond acceptors (Lipinski definition) is 2. The highest BCUT2D eigenvalue weighted by Gasteiger charge is 2.24. The lowest BCUT2D eigenvalue weighted by Gasteiger charge is -2.31. The van der Waals surface area contributed by atoms with Crippen LogP contribution in [0.1, 0.15) is 29.5 Å². The second-order valence-corrected chi connectivity index (χ2v) is 5.41. The van der Waals surface area contributed by atoms with E-state index >= 15 is 0 Å². The minimum atomic E-state index is -0.152. The van der Waals surface area contributed by atoms with E-state index in [-0.39, 0.29) is 11.8 Å². The molecule has 1 aliphatic heterocycles. The molecule has 2 rings (SSSR count). The summed E-state index contributed by atoms with van der Waals surface area (Å²) in [6.45, 7) is 7.06. The number of likely N-dealkylation sites (tertiary alicyclic amines) is 1. The number of aryl methyl sites for hydroxylation is 2. The van der Waals surface area contributed by atoms with E-state index in [9.17, 15) is 4.79 Å². The van der Waals surface area contributed by atoms with E-state index in [1.807, 2.05) is 0 Å². The summed E-state index contributed by atoms with van der Waals surface area (Å²) in [5, 5.41) is 0. The van der Waals surface area contributed by atoms with Crippen molar-refractivity contribution >= 4 is 5.91 Å². The molecular weight excluding hydrogens is 224 g/mol. The fraction of sp³-hybridized carbons (Fsp3) is 0.533. The van der Waals surface area contributed by atoms with Crippen LogP contribution in [0.5, 0.6) is 0 Å². The molecule has 0 saturated carbocycles. The maximum Gasteiger partial charge on any atom is 0.221 e. The lowest BCUT2D eigenvalue weighted by Crippen LogP contribution is -2.40. The van der Waals surface area contributed by atoms with Crippen LogP contribution in [0.3, 0.4) is 0 Å². The minimum Gasteiger partial charge on any atom is -0.369 e. The predicted octanol–water partition coefficient (Wildman–Crippen LogP) is 2.00. The highest BCUT2D eigenvalue weighted by Crippen LogP contribution is 2.20. The Labute approximate surface area is 109 Å². The fourth-order valence-corrected chi connectivity index (χ4v) is 2.64. The Morgan fingerprint density at radius 1 is 1.44 bits per heavy atom. The molecule has 1 aromatic rings. The zero-order chi connectivity index (χ0) is 13.1. The number of primary amides is 1. The summed E-state index contributed by atoms with van der Waals surface area (Å²) >= 11 is 0. The van der Waals surface area contributed by atoms with Gasteiger partial charge in [-0.1, -0.05) is 23.8 Å². The largest absolute Gasteiger partial charge is 0.369 e. The van der Waals surface area contributed by atoms with Gasteiger partial charge in [-0.05, 0) is 44.4 Å². The number of nitrogens with two attached hydrogens (primary N) is 1. The average Bonchev–Trinajstić information content (AvgIpc) is 2.34. The molecule has 1 heterocycles. The van der Waals surface area contributed by atoms with E-state index in [0.717, 1.165) is 32.5 Å². The molecule has 0 radical (unpaired) electrons. The SMILES string of the molecule is Cc1ccc(C)c(CN2CCC[C@@H](C(N)=O)C2)c1. The quantitative estimate of drug-likeness (QED) is 0.886. The van der Waals surface area contributed by atoms with Crippen LogP contribution in [0, 0.1) is 19.8 Å². The van der Waals surface area contributed by atoms with Gasteiger partial charge in [-0.3, -0.25) is 9.69 Å². The third kappa shape index (κ3) is 3.10. The Bertz CT molecular complexity index is 442. The third-order valence-electron chi connectivity index (χ3n) is 3.81. The first-order valence-electron chi connectivity index (χ1n) is 6.64. The molecule has 3 nitrogen and oxygen atoms in total. The van der Waals surface area contributed by atoms with Crippen molar-refractivity contribution in [3.05, 3.63) is 34.9 Å². The highest BCUT2D eigenvalue weighted by atomic mass is 16.1. The molecule has 0 aliphatic carbocycles. The second-order valence-electron chi connectivity index (χ2n) is 5.41. The van der Waals surface area contributed by atoms with Gasteiger partial charge in [-0.15, -0.1) is 0 Å². The summed E-state index contributed by atoms with van der Waals surface area (Å²) in [5.74, 6) is -0.121. The first-order valence-corrected chi connectivity index (χ1v) is 6.64. The topological polar surface area (TPSA) is 46.3 Å². The van der Waals surface area contributed by atoms with E-state index in [1.165, 1.54) is 16.7 Å². The third-order valence-corrected chi connectivity index (χ3v) is 3.81. The Balaban J connectivity index is 2.04. The number of carbonyl (C=O) groups is 1. The van der Waals surface area contributed by atoms with Crippen molar-refractivity contribution in [2.24, 2.45) is 11.7 Å². The Kier molecular flexibility index (Phi) is 4.02. The molecule has 18 heavy (non-hydrogen) atoms. The molecule has 3 heteroatoms. The van der Waals surface area contributed by atoms with Crippen molar-refractivity contribution in [1.29, 1.82) is 0 Å². The fourth-order valence-electron chi connectivity index (χ4n) is 2.64. The van der Waals surface area contributed by atoms with Crippen molar-refractivity contribution in [1.82, 2.24) is 4.90 Å². The van der Waals surface area contributed by atoms with E-state index in [0.29, 0.717) is 0 Å². The number of amides is 1. The first kappa shape index (κ1) is 13.1. The van der Waals surface area contributed by atoms with E-state index in [4.69, 9.17) is 5.73 Å². The van der Waals surface area contributed by atoms with Crippen molar-refractivity contribution in [2.75, 3.05) is 13.1 Å². The molecule has 98 valence electrons. The van der Waals surface area contributed by atoms with Gasteiger partial charge in [0.25, 0.3) is 0 Å². The van der Waals surface area contributed by atoms with Crippen molar-refractivity contribution < 1.29 is 4.79 Å². The molecule has 1 fully saturated rings. The van der Waals surface area contributed by atoms with E-state index in [1.54, 1.807) is 0 Å². The van der Waals surface area contributed by atoms with Gasteiger partial charge < -0.3 is 5.73 Å². The minimum absolute atomic E-state index is 0.0314. The standard InChI is InChI=1S/C15H22N2O/c1-11-5-6-12(2)14(8-11)10-17-7-3-4-13(9-17)15(16)18/h5-6,8,13H,3-4,7,9-10H2,1-2H3,(H2,16,18)/t13-/m1/s1. The number of rotatable bonds is 3. The second kappa shape index (κ2) is 5.53. The van der Waals surface area contributed by atoms with E-state index in [2.05, 4.69) is 36.9 Å². The highest BCUT2D eigenvalue weighted by molar-refractivity contribution is 5.76. The van der Waals surface area contributed by atoms with Gasteiger partial charge in [0.1, 0.15) is 0 Å². The van der Waals surface area contributed by atoms with Crippen LogP contribution < -0.4 is 5.73 Å². The Morgan fingerprint density at radius 3 is 2.94 bits per heavy atom. The summed E-state index contributed by atoms with van der Waals surface area (Å²) in [5.41, 5.74) is 9.38. The molecule has 2 N–H and O–H groups in total. The Morgan fingerprint density at radius 2 is 2.22 bits per heavy atom. The van der Waals surface area contributed by atoms with Crippen molar-refractivity contribution in [2.45, 2.75) is 33.2 Å². The normalized spacial score (nSPS) is 20.9. The molecule has 1 aromatic carbocycles. The van der Waals surface area contributed by atoms with Crippen LogP contribution in [0.25, 0.3) is 0 Å². The number of nitrogens with zero attached hydrogens (tertiary/aromatic N) is 1. The van der Waals surface area contributed by atoms with Gasteiger partial charge in [-0.25, -0.2) is 0 Å². The van der Waals surface area contributed by atoms with Crippen molar-refractivity contribution in [3.63, 3.8) is 0 Å². The maximum absolute atomic E-state index is 11.3. The van der Waals surface area contributed by atoms with E-state index < -0.39 is 0 Å². The number of hydrogen-bond donors (Lipinski definition) is 1. The van der Waals surface area contributed by atoms with Crippen LogP contribution in [0.4, 0.5) is 0 Å². The number of carbonyl (C=O) groups excluding carboxylic acids is 1. The van der Waals surface area contributed by atoms with Gasteiger partial charge in [0, 0.05) is 13.1 Å². The van der Waals surface area contributed by atoms with Gasteiger partial charge in [0.2, 0.25) is 5.91 Å². The van der Waals surface area contributed by atoms with Gasteiger partial charge >= 0.3 is 0 Å². The smallest absolute Gasteiger partial charge is 0.221 e.